The molecule has 20 heavy (non-hydrogen) atoms. The summed E-state index contributed by atoms with van der Waals surface area (Å²) in [4.78, 5) is 2.34. The number of benzene rings is 1. The fourth-order valence-electron chi connectivity index (χ4n) is 2.67. The van der Waals surface area contributed by atoms with Crippen LogP contribution in [0.4, 0.5) is 4.39 Å². The Kier molecular flexibility index (Phi) is 3.80. The Morgan fingerprint density at radius 1 is 1.35 bits per heavy atom. The van der Waals surface area contributed by atoms with E-state index in [2.05, 4.69) is 22.4 Å². The van der Waals surface area contributed by atoms with Crippen LogP contribution in [0.3, 0.4) is 0 Å². The molecule has 1 aliphatic heterocycles. The van der Waals surface area contributed by atoms with Crippen LogP contribution in [0.15, 0.2) is 36.5 Å². The molecule has 0 amide bonds. The van der Waals surface area contributed by atoms with Crippen molar-refractivity contribution in [3.63, 3.8) is 0 Å². The highest BCUT2D eigenvalue weighted by atomic mass is 19.1. The van der Waals surface area contributed by atoms with Crippen LogP contribution in [0, 0.1) is 5.82 Å². The van der Waals surface area contributed by atoms with E-state index in [1.54, 1.807) is 18.3 Å². The molecule has 2 heterocycles. The molecular formula is C15H19FN4. The molecule has 106 valence electrons. The second kappa shape index (κ2) is 5.73. The minimum absolute atomic E-state index is 0.225. The molecule has 1 aliphatic rings. The van der Waals surface area contributed by atoms with Crippen molar-refractivity contribution in [2.45, 2.75) is 19.0 Å². The van der Waals surface area contributed by atoms with E-state index in [9.17, 15) is 4.39 Å². The second-order valence-corrected chi connectivity index (χ2v) is 5.27. The van der Waals surface area contributed by atoms with Gasteiger partial charge in [-0.1, -0.05) is 0 Å². The molecule has 1 N–H and O–H groups in total. The Balaban J connectivity index is 1.77. The van der Waals surface area contributed by atoms with Crippen LogP contribution in [0.1, 0.15) is 12.1 Å². The molecule has 1 aromatic heterocycles. The van der Waals surface area contributed by atoms with E-state index in [-0.39, 0.29) is 5.82 Å². The number of rotatable bonds is 4. The SMILES string of the molecule is CN(Cc1ccnn1-c1ccc(F)cc1)C1CCNC1. The zero-order valence-corrected chi connectivity index (χ0v) is 11.6. The fourth-order valence-corrected chi connectivity index (χ4v) is 2.67. The third-order valence-electron chi connectivity index (χ3n) is 3.86. The van der Waals surface area contributed by atoms with Gasteiger partial charge in [0.15, 0.2) is 0 Å². The number of nitrogens with one attached hydrogen (secondary N) is 1. The maximum atomic E-state index is 13.0. The molecule has 1 fully saturated rings. The van der Waals surface area contributed by atoms with Crippen molar-refractivity contribution in [1.82, 2.24) is 20.0 Å². The molecule has 0 saturated carbocycles. The maximum Gasteiger partial charge on any atom is 0.123 e. The van der Waals surface area contributed by atoms with E-state index in [1.165, 1.54) is 18.6 Å². The third kappa shape index (κ3) is 2.73. The molecule has 4 nitrogen and oxygen atoms in total. The Morgan fingerprint density at radius 3 is 2.85 bits per heavy atom. The summed E-state index contributed by atoms with van der Waals surface area (Å²) < 4.78 is 14.9. The molecule has 0 aliphatic carbocycles. The number of nitrogens with zero attached hydrogens (tertiary/aromatic N) is 3. The quantitative estimate of drug-likeness (QED) is 0.923. The van der Waals surface area contributed by atoms with E-state index < -0.39 is 0 Å². The molecule has 1 atom stereocenters. The summed E-state index contributed by atoms with van der Waals surface area (Å²) in [5.74, 6) is -0.225. The first-order valence-electron chi connectivity index (χ1n) is 6.94. The monoisotopic (exact) mass is 274 g/mol. The van der Waals surface area contributed by atoms with Gasteiger partial charge >= 0.3 is 0 Å². The van der Waals surface area contributed by atoms with Gasteiger partial charge in [0.25, 0.3) is 0 Å². The highest BCUT2D eigenvalue weighted by Crippen LogP contribution is 2.15. The number of halogens is 1. The molecule has 1 aromatic carbocycles. The average Bonchev–Trinajstić information content (AvgIpc) is 3.10. The normalized spacial score (nSPS) is 18.9. The van der Waals surface area contributed by atoms with Gasteiger partial charge in [-0.15, -0.1) is 0 Å². The number of hydrogen-bond acceptors (Lipinski definition) is 3. The Morgan fingerprint density at radius 2 is 2.15 bits per heavy atom. The van der Waals surface area contributed by atoms with Crippen molar-refractivity contribution in [1.29, 1.82) is 0 Å². The van der Waals surface area contributed by atoms with Gasteiger partial charge in [0, 0.05) is 25.3 Å². The molecule has 0 bridgehead atoms. The summed E-state index contributed by atoms with van der Waals surface area (Å²) in [6, 6.07) is 9.02. The second-order valence-electron chi connectivity index (χ2n) is 5.27. The summed E-state index contributed by atoms with van der Waals surface area (Å²) in [5, 5.41) is 7.73. The van der Waals surface area contributed by atoms with Crippen LogP contribution in [-0.2, 0) is 6.54 Å². The van der Waals surface area contributed by atoms with Crippen molar-refractivity contribution in [2.24, 2.45) is 0 Å². The van der Waals surface area contributed by atoms with Crippen LogP contribution in [0.5, 0.6) is 0 Å². The molecule has 1 saturated heterocycles. The minimum atomic E-state index is -0.225. The first-order valence-corrected chi connectivity index (χ1v) is 6.94. The van der Waals surface area contributed by atoms with Gasteiger partial charge in [-0.2, -0.15) is 5.10 Å². The molecule has 0 radical (unpaired) electrons. The zero-order valence-electron chi connectivity index (χ0n) is 11.6. The van der Waals surface area contributed by atoms with Crippen LogP contribution >= 0.6 is 0 Å². The summed E-state index contributed by atoms with van der Waals surface area (Å²) >= 11 is 0. The highest BCUT2D eigenvalue weighted by molar-refractivity contribution is 5.32. The summed E-state index contributed by atoms with van der Waals surface area (Å²) in [6.45, 7) is 2.97. The Hall–Kier alpha value is -1.72. The predicted molar refractivity (Wildman–Crippen MR) is 76.3 cm³/mol. The van der Waals surface area contributed by atoms with E-state index in [1.807, 2.05) is 10.7 Å². The number of aromatic nitrogens is 2. The van der Waals surface area contributed by atoms with Gasteiger partial charge in [0.1, 0.15) is 5.82 Å². The molecule has 3 rings (SSSR count). The van der Waals surface area contributed by atoms with Gasteiger partial charge in [0.2, 0.25) is 0 Å². The van der Waals surface area contributed by atoms with Gasteiger partial charge < -0.3 is 5.32 Å². The van der Waals surface area contributed by atoms with Gasteiger partial charge in [-0.3, -0.25) is 4.90 Å². The largest absolute Gasteiger partial charge is 0.315 e. The summed E-state index contributed by atoms with van der Waals surface area (Å²) in [6.07, 6.45) is 2.97. The smallest absolute Gasteiger partial charge is 0.123 e. The first kappa shape index (κ1) is 13.3. The lowest BCUT2D eigenvalue weighted by atomic mass is 10.2. The van der Waals surface area contributed by atoms with Crippen molar-refractivity contribution in [3.8, 4) is 5.69 Å². The van der Waals surface area contributed by atoms with Gasteiger partial charge in [-0.05, 0) is 50.3 Å². The van der Waals surface area contributed by atoms with Crippen molar-refractivity contribution < 1.29 is 4.39 Å². The van der Waals surface area contributed by atoms with E-state index in [4.69, 9.17) is 0 Å². The lowest BCUT2D eigenvalue weighted by Crippen LogP contribution is -2.33. The maximum absolute atomic E-state index is 13.0. The van der Waals surface area contributed by atoms with Crippen LogP contribution in [-0.4, -0.2) is 40.9 Å². The van der Waals surface area contributed by atoms with Crippen molar-refractivity contribution in [3.05, 3.63) is 48.0 Å². The highest BCUT2D eigenvalue weighted by Gasteiger charge is 2.20. The summed E-state index contributed by atoms with van der Waals surface area (Å²) in [5.41, 5.74) is 2.01. The molecule has 0 spiro atoms. The van der Waals surface area contributed by atoms with E-state index in [0.29, 0.717) is 6.04 Å². The molecule has 2 aromatic rings. The average molecular weight is 274 g/mol. The van der Waals surface area contributed by atoms with Gasteiger partial charge in [-0.25, -0.2) is 9.07 Å². The topological polar surface area (TPSA) is 33.1 Å². The fraction of sp³-hybridized carbons (Fsp3) is 0.400. The predicted octanol–water partition coefficient (Wildman–Crippen LogP) is 1.81. The molecule has 5 heteroatoms. The molecular weight excluding hydrogens is 255 g/mol. The standard InChI is InChI=1S/C15H19FN4/c1-19(14-6-8-17-10-14)11-15-7-9-18-20(15)13-4-2-12(16)3-5-13/h2-5,7,9,14,17H,6,8,10-11H2,1H3. The Bertz CT molecular complexity index is 558. The first-order chi connectivity index (χ1) is 9.74. The lowest BCUT2D eigenvalue weighted by molar-refractivity contribution is 0.244. The zero-order chi connectivity index (χ0) is 13.9. The van der Waals surface area contributed by atoms with E-state index in [0.717, 1.165) is 31.0 Å². The number of likely N-dealkylation sites (N-methyl/N-ethyl adjacent to an activating group) is 1. The van der Waals surface area contributed by atoms with Crippen molar-refractivity contribution in [2.75, 3.05) is 20.1 Å². The number of hydrogen-bond donors (Lipinski definition) is 1. The molecule has 1 unspecified atom stereocenters. The minimum Gasteiger partial charge on any atom is -0.315 e. The Labute approximate surface area is 118 Å². The van der Waals surface area contributed by atoms with Gasteiger partial charge in [0.05, 0.1) is 11.4 Å². The van der Waals surface area contributed by atoms with Crippen LogP contribution in [0.2, 0.25) is 0 Å². The lowest BCUT2D eigenvalue weighted by Gasteiger charge is -2.23. The van der Waals surface area contributed by atoms with Crippen LogP contribution in [0.25, 0.3) is 5.69 Å². The van der Waals surface area contributed by atoms with Crippen LogP contribution < -0.4 is 5.32 Å². The van der Waals surface area contributed by atoms with E-state index >= 15 is 0 Å². The third-order valence-corrected chi connectivity index (χ3v) is 3.86. The summed E-state index contributed by atoms with van der Waals surface area (Å²) in [7, 11) is 2.14. The van der Waals surface area contributed by atoms with Crippen molar-refractivity contribution >= 4 is 0 Å².